The van der Waals surface area contributed by atoms with Gasteiger partial charge in [-0.1, -0.05) is 0 Å². The molecule has 0 aliphatic carbocycles. The van der Waals surface area contributed by atoms with Gasteiger partial charge in [-0.2, -0.15) is 10.1 Å². The van der Waals surface area contributed by atoms with Crippen LogP contribution in [0.4, 0.5) is 0 Å². The molecule has 0 saturated carbocycles. The second kappa shape index (κ2) is 4.83. The monoisotopic (exact) mass is 294 g/mol. The third kappa shape index (κ3) is 2.09. The molecule has 0 atom stereocenters. The molecular formula is C14H14N8. The molecule has 0 spiro atoms. The maximum atomic E-state index is 4.52. The molecule has 0 amide bonds. The Morgan fingerprint density at radius 3 is 2.82 bits per heavy atom. The number of aryl methyl sites for hydroxylation is 4. The molecule has 0 fully saturated rings. The quantitative estimate of drug-likeness (QED) is 0.559. The molecule has 22 heavy (non-hydrogen) atoms. The molecule has 8 heteroatoms. The van der Waals surface area contributed by atoms with Crippen LogP contribution < -0.4 is 0 Å². The predicted octanol–water partition coefficient (Wildman–Crippen LogP) is 0.964. The highest BCUT2D eigenvalue weighted by atomic mass is 15.3. The van der Waals surface area contributed by atoms with Crippen molar-refractivity contribution in [2.75, 3.05) is 0 Å². The number of nitrogens with zero attached hydrogens (tertiary/aromatic N) is 8. The van der Waals surface area contributed by atoms with Crippen LogP contribution in [-0.4, -0.2) is 38.9 Å². The fourth-order valence-electron chi connectivity index (χ4n) is 2.52. The molecule has 4 rings (SSSR count). The van der Waals surface area contributed by atoms with E-state index in [0.29, 0.717) is 12.2 Å². The molecule has 0 aliphatic rings. The van der Waals surface area contributed by atoms with E-state index >= 15 is 0 Å². The van der Waals surface area contributed by atoms with E-state index in [4.69, 9.17) is 0 Å². The average molecular weight is 294 g/mol. The Morgan fingerprint density at radius 2 is 1.91 bits per heavy atom. The van der Waals surface area contributed by atoms with Crippen molar-refractivity contribution >= 4 is 11.4 Å². The molecule has 110 valence electrons. The Balaban J connectivity index is 1.66. The van der Waals surface area contributed by atoms with Crippen LogP contribution in [0, 0.1) is 13.8 Å². The molecule has 0 unspecified atom stereocenters. The normalized spacial score (nSPS) is 11.5. The number of imidazole rings is 1. The molecule has 0 aliphatic heterocycles. The second-order valence-corrected chi connectivity index (χ2v) is 5.07. The molecule has 0 N–H and O–H groups in total. The number of hydrogen-bond donors (Lipinski definition) is 0. The summed E-state index contributed by atoms with van der Waals surface area (Å²) in [5.41, 5.74) is 0.814. The molecular weight excluding hydrogens is 280 g/mol. The maximum absolute atomic E-state index is 4.52. The Hall–Kier alpha value is -2.90. The van der Waals surface area contributed by atoms with Gasteiger partial charge in [0.25, 0.3) is 0 Å². The van der Waals surface area contributed by atoms with E-state index in [9.17, 15) is 0 Å². The van der Waals surface area contributed by atoms with Crippen LogP contribution in [0.25, 0.3) is 11.4 Å². The van der Waals surface area contributed by atoms with Crippen molar-refractivity contribution in [3.05, 3.63) is 48.0 Å². The minimum absolute atomic E-state index is 0.672. The summed E-state index contributed by atoms with van der Waals surface area (Å²) in [6.45, 7) is 3.80. The zero-order chi connectivity index (χ0) is 15.1. The van der Waals surface area contributed by atoms with E-state index in [0.717, 1.165) is 35.4 Å². The number of rotatable bonds is 3. The van der Waals surface area contributed by atoms with Gasteiger partial charge in [0.05, 0.1) is 6.20 Å². The molecule has 0 aromatic carbocycles. The predicted molar refractivity (Wildman–Crippen MR) is 78.4 cm³/mol. The lowest BCUT2D eigenvalue weighted by atomic mass is 10.2. The first-order valence-electron chi connectivity index (χ1n) is 7.04. The third-order valence-electron chi connectivity index (χ3n) is 3.49. The first-order chi connectivity index (χ1) is 10.7. The highest BCUT2D eigenvalue weighted by Gasteiger charge is 2.09. The van der Waals surface area contributed by atoms with E-state index in [2.05, 4.69) is 30.0 Å². The molecule has 0 saturated heterocycles. The summed E-state index contributed by atoms with van der Waals surface area (Å²) < 4.78 is 3.63. The topological polar surface area (TPSA) is 86.2 Å². The van der Waals surface area contributed by atoms with Gasteiger partial charge in [0.2, 0.25) is 5.78 Å². The van der Waals surface area contributed by atoms with Crippen molar-refractivity contribution < 1.29 is 0 Å². The van der Waals surface area contributed by atoms with Gasteiger partial charge in [-0.05, 0) is 13.8 Å². The first kappa shape index (κ1) is 12.8. The molecule has 4 heterocycles. The third-order valence-corrected chi connectivity index (χ3v) is 3.49. The smallest absolute Gasteiger partial charge is 0.236 e. The zero-order valence-corrected chi connectivity index (χ0v) is 12.3. The Bertz CT molecular complexity index is 967. The van der Waals surface area contributed by atoms with Crippen molar-refractivity contribution in [2.45, 2.75) is 26.7 Å². The Labute approximate surface area is 125 Å². The Kier molecular flexibility index (Phi) is 2.81. The van der Waals surface area contributed by atoms with Gasteiger partial charge in [-0.15, -0.1) is 0 Å². The van der Waals surface area contributed by atoms with E-state index < -0.39 is 0 Å². The minimum atomic E-state index is 0.672. The largest absolute Gasteiger partial charge is 0.272 e. The van der Waals surface area contributed by atoms with Gasteiger partial charge in [0.1, 0.15) is 23.3 Å². The van der Waals surface area contributed by atoms with Gasteiger partial charge in [-0.3, -0.25) is 4.40 Å². The molecule has 4 aromatic rings. The van der Waals surface area contributed by atoms with Gasteiger partial charge in [0.15, 0.2) is 5.65 Å². The standard InChI is InChI=1S/C14H14N8/c1-9-17-12(21-8-7-15-14(21)18-9)4-3-11-19-10(2)22-13(20-11)5-6-16-22/h5-8H,3-4H2,1-2H3. The highest BCUT2D eigenvalue weighted by molar-refractivity contribution is 5.36. The Morgan fingerprint density at radius 1 is 1.00 bits per heavy atom. The summed E-state index contributed by atoms with van der Waals surface area (Å²) in [5, 5.41) is 4.18. The minimum Gasteiger partial charge on any atom is -0.272 e. The summed E-state index contributed by atoms with van der Waals surface area (Å²) in [7, 11) is 0. The lowest BCUT2D eigenvalue weighted by Crippen LogP contribution is -2.09. The van der Waals surface area contributed by atoms with E-state index in [1.165, 1.54) is 0 Å². The number of aromatic nitrogens is 8. The van der Waals surface area contributed by atoms with E-state index in [1.54, 1.807) is 16.9 Å². The first-order valence-corrected chi connectivity index (χ1v) is 7.04. The van der Waals surface area contributed by atoms with Crippen molar-refractivity contribution in [2.24, 2.45) is 0 Å². The van der Waals surface area contributed by atoms with Gasteiger partial charge in [-0.25, -0.2) is 24.5 Å². The molecule has 8 nitrogen and oxygen atoms in total. The van der Waals surface area contributed by atoms with Gasteiger partial charge in [0, 0.05) is 31.3 Å². The summed E-state index contributed by atoms with van der Waals surface area (Å²) in [5.74, 6) is 3.92. The van der Waals surface area contributed by atoms with Crippen molar-refractivity contribution in [1.82, 2.24) is 38.9 Å². The SMILES string of the molecule is Cc1nc(CCc2nc(C)n3nccc3n2)n2ccnc2n1. The van der Waals surface area contributed by atoms with Crippen LogP contribution in [0.15, 0.2) is 24.7 Å². The van der Waals surface area contributed by atoms with Gasteiger partial charge >= 0.3 is 0 Å². The summed E-state index contributed by atoms with van der Waals surface area (Å²) >= 11 is 0. The fourth-order valence-corrected chi connectivity index (χ4v) is 2.52. The van der Waals surface area contributed by atoms with Crippen LogP contribution in [0.2, 0.25) is 0 Å². The van der Waals surface area contributed by atoms with Crippen LogP contribution in [-0.2, 0) is 12.8 Å². The van der Waals surface area contributed by atoms with E-state index in [-0.39, 0.29) is 0 Å². The summed E-state index contributed by atoms with van der Waals surface area (Å²) in [4.78, 5) is 22.0. The van der Waals surface area contributed by atoms with Crippen molar-refractivity contribution in [3.8, 4) is 0 Å². The lowest BCUT2D eigenvalue weighted by molar-refractivity contribution is 0.738. The fraction of sp³-hybridized carbons (Fsp3) is 0.286. The number of hydrogen-bond acceptors (Lipinski definition) is 6. The van der Waals surface area contributed by atoms with Crippen LogP contribution in [0.1, 0.15) is 23.3 Å². The lowest BCUT2D eigenvalue weighted by Gasteiger charge is -2.06. The van der Waals surface area contributed by atoms with Crippen molar-refractivity contribution in [1.29, 1.82) is 0 Å². The zero-order valence-electron chi connectivity index (χ0n) is 12.3. The average Bonchev–Trinajstić information content (AvgIpc) is 3.13. The van der Waals surface area contributed by atoms with Crippen LogP contribution in [0.3, 0.4) is 0 Å². The molecule has 4 aromatic heterocycles. The summed E-state index contributed by atoms with van der Waals surface area (Å²) in [6.07, 6.45) is 6.75. The number of fused-ring (bicyclic) bond motifs is 2. The van der Waals surface area contributed by atoms with Gasteiger partial charge < -0.3 is 0 Å². The van der Waals surface area contributed by atoms with Crippen LogP contribution >= 0.6 is 0 Å². The molecule has 0 radical (unpaired) electrons. The van der Waals surface area contributed by atoms with E-state index in [1.807, 2.05) is 30.5 Å². The molecule has 0 bridgehead atoms. The van der Waals surface area contributed by atoms with Crippen molar-refractivity contribution in [3.63, 3.8) is 0 Å². The second-order valence-electron chi connectivity index (χ2n) is 5.07. The highest BCUT2D eigenvalue weighted by Crippen LogP contribution is 2.08. The summed E-state index contributed by atoms with van der Waals surface area (Å²) in [6, 6.07) is 1.88. The maximum Gasteiger partial charge on any atom is 0.236 e. The van der Waals surface area contributed by atoms with Crippen LogP contribution in [0.5, 0.6) is 0 Å².